The maximum atomic E-state index is 14.0. The minimum absolute atomic E-state index is 0.338. The van der Waals surface area contributed by atoms with E-state index in [0.717, 1.165) is 64.1 Å². The van der Waals surface area contributed by atoms with Crippen molar-refractivity contribution < 1.29 is 13.5 Å². The van der Waals surface area contributed by atoms with Crippen molar-refractivity contribution in [3.05, 3.63) is 29.8 Å². The lowest BCUT2D eigenvalue weighted by Gasteiger charge is -2.37. The molecule has 1 aromatic carbocycles. The second-order valence-corrected chi connectivity index (χ2v) is 6.36. The quantitative estimate of drug-likeness (QED) is 0.435. The van der Waals surface area contributed by atoms with E-state index in [9.17, 15) is 8.78 Å². The predicted molar refractivity (Wildman–Crippen MR) is 102 cm³/mol. The number of unbranched alkanes of at least 4 members (excludes halogenated alkanes) is 2. The smallest absolute Gasteiger partial charge is 0.194 e. The fourth-order valence-corrected chi connectivity index (χ4v) is 3.03. The minimum atomic E-state index is -0.410. The third-order valence-electron chi connectivity index (χ3n) is 4.43. The van der Waals surface area contributed by atoms with Crippen LogP contribution in [0.2, 0.25) is 0 Å². The number of anilines is 1. The Hall–Kier alpha value is -1.89. The summed E-state index contributed by atoms with van der Waals surface area (Å²) in [6.45, 7) is 7.16. The van der Waals surface area contributed by atoms with Crippen molar-refractivity contribution >= 4 is 11.6 Å². The summed E-state index contributed by atoms with van der Waals surface area (Å²) in [4.78, 5) is 8.78. The van der Waals surface area contributed by atoms with Gasteiger partial charge in [0.1, 0.15) is 11.6 Å². The second-order valence-electron chi connectivity index (χ2n) is 6.36. The van der Waals surface area contributed by atoms with E-state index in [1.165, 1.54) is 12.1 Å². The van der Waals surface area contributed by atoms with E-state index in [-0.39, 0.29) is 5.82 Å². The molecule has 1 heterocycles. The highest BCUT2D eigenvalue weighted by atomic mass is 19.1. The standard InChI is InChI=1S/C19H30F2N4O/c1-3-22-19(23-9-5-4-6-14-26-2)25-12-10-24(11-13-25)18-15-16(20)7-8-17(18)21/h7-8,15H,3-6,9-14H2,1-2H3,(H,22,23). The Morgan fingerprint density at radius 2 is 1.92 bits per heavy atom. The average molecular weight is 368 g/mol. The van der Waals surface area contributed by atoms with E-state index in [1.807, 2.05) is 11.8 Å². The first-order valence-electron chi connectivity index (χ1n) is 9.38. The topological polar surface area (TPSA) is 40.1 Å². The summed E-state index contributed by atoms with van der Waals surface area (Å²) in [5, 5.41) is 3.33. The number of piperazine rings is 1. The molecule has 0 amide bonds. The van der Waals surface area contributed by atoms with Crippen LogP contribution in [0, 0.1) is 11.6 Å². The average Bonchev–Trinajstić information content (AvgIpc) is 2.66. The number of ether oxygens (including phenoxy) is 1. The third kappa shape index (κ3) is 6.12. The lowest BCUT2D eigenvalue weighted by molar-refractivity contribution is 0.192. The third-order valence-corrected chi connectivity index (χ3v) is 4.43. The van der Waals surface area contributed by atoms with Crippen LogP contribution in [-0.2, 0) is 4.74 Å². The fraction of sp³-hybridized carbons (Fsp3) is 0.632. The van der Waals surface area contributed by atoms with Gasteiger partial charge in [0.2, 0.25) is 0 Å². The second kappa shape index (κ2) is 11.0. The molecule has 1 aromatic rings. The molecule has 5 nitrogen and oxygen atoms in total. The van der Waals surface area contributed by atoms with Crippen LogP contribution >= 0.6 is 0 Å². The molecule has 0 atom stereocenters. The Balaban J connectivity index is 1.87. The minimum Gasteiger partial charge on any atom is -0.385 e. The summed E-state index contributed by atoms with van der Waals surface area (Å²) < 4.78 is 32.4. The van der Waals surface area contributed by atoms with Gasteiger partial charge in [0.15, 0.2) is 5.96 Å². The number of hydrogen-bond donors (Lipinski definition) is 1. The summed E-state index contributed by atoms with van der Waals surface area (Å²) in [6.07, 6.45) is 3.19. The van der Waals surface area contributed by atoms with Crippen molar-refractivity contribution in [3.63, 3.8) is 0 Å². The van der Waals surface area contributed by atoms with Gasteiger partial charge in [-0.1, -0.05) is 0 Å². The predicted octanol–water partition coefficient (Wildman–Crippen LogP) is 2.87. The molecule has 1 fully saturated rings. The molecule has 0 spiro atoms. The van der Waals surface area contributed by atoms with Crippen LogP contribution in [-0.4, -0.2) is 63.8 Å². The van der Waals surface area contributed by atoms with Crippen molar-refractivity contribution in [1.29, 1.82) is 0 Å². The summed E-state index contributed by atoms with van der Waals surface area (Å²) in [6, 6.07) is 3.61. The molecule has 146 valence electrons. The molecular formula is C19H30F2N4O. The van der Waals surface area contributed by atoms with Gasteiger partial charge in [-0.25, -0.2) is 8.78 Å². The maximum Gasteiger partial charge on any atom is 0.194 e. The highest BCUT2D eigenvalue weighted by molar-refractivity contribution is 5.80. The molecule has 0 saturated carbocycles. The maximum absolute atomic E-state index is 14.0. The van der Waals surface area contributed by atoms with E-state index in [4.69, 9.17) is 9.73 Å². The molecule has 26 heavy (non-hydrogen) atoms. The summed E-state index contributed by atoms with van der Waals surface area (Å²) in [5.41, 5.74) is 0.338. The first kappa shape index (κ1) is 20.4. The highest BCUT2D eigenvalue weighted by Gasteiger charge is 2.21. The summed E-state index contributed by atoms with van der Waals surface area (Å²) in [7, 11) is 1.72. The number of rotatable bonds is 8. The molecule has 0 radical (unpaired) electrons. The van der Waals surface area contributed by atoms with Gasteiger partial charge in [0.25, 0.3) is 0 Å². The van der Waals surface area contributed by atoms with Gasteiger partial charge in [-0.3, -0.25) is 4.99 Å². The van der Waals surface area contributed by atoms with E-state index < -0.39 is 5.82 Å². The van der Waals surface area contributed by atoms with Crippen molar-refractivity contribution in [3.8, 4) is 0 Å². The molecule has 2 rings (SSSR count). The van der Waals surface area contributed by atoms with Crippen LogP contribution in [0.15, 0.2) is 23.2 Å². The number of methoxy groups -OCH3 is 1. The molecular weight excluding hydrogens is 338 g/mol. The number of halogens is 2. The van der Waals surface area contributed by atoms with E-state index in [1.54, 1.807) is 7.11 Å². The normalized spacial score (nSPS) is 15.5. The fourth-order valence-electron chi connectivity index (χ4n) is 3.03. The van der Waals surface area contributed by atoms with Crippen LogP contribution < -0.4 is 10.2 Å². The Morgan fingerprint density at radius 1 is 1.15 bits per heavy atom. The molecule has 1 aliphatic rings. The molecule has 0 aromatic heterocycles. The van der Waals surface area contributed by atoms with Crippen LogP contribution in [0.3, 0.4) is 0 Å². The zero-order chi connectivity index (χ0) is 18.8. The molecule has 1 aliphatic heterocycles. The monoisotopic (exact) mass is 368 g/mol. The highest BCUT2D eigenvalue weighted by Crippen LogP contribution is 2.21. The van der Waals surface area contributed by atoms with Crippen molar-refractivity contribution in [2.75, 3.05) is 57.9 Å². The van der Waals surface area contributed by atoms with Gasteiger partial charge in [0.05, 0.1) is 5.69 Å². The van der Waals surface area contributed by atoms with Gasteiger partial charge in [0, 0.05) is 59.1 Å². The Bertz CT molecular complexity index is 575. The summed E-state index contributed by atoms with van der Waals surface area (Å²) in [5.74, 6) is 0.113. The Morgan fingerprint density at radius 3 is 2.62 bits per heavy atom. The Kier molecular flexibility index (Phi) is 8.61. The number of aliphatic imine (C=N–C) groups is 1. The largest absolute Gasteiger partial charge is 0.385 e. The van der Waals surface area contributed by atoms with Gasteiger partial charge in [-0.2, -0.15) is 0 Å². The van der Waals surface area contributed by atoms with E-state index in [2.05, 4.69) is 10.2 Å². The molecule has 0 unspecified atom stereocenters. The van der Waals surface area contributed by atoms with Crippen molar-refractivity contribution in [1.82, 2.24) is 10.2 Å². The SMILES string of the molecule is CCNC(=NCCCCCOC)N1CCN(c2cc(F)ccc2F)CC1. The van der Waals surface area contributed by atoms with Crippen molar-refractivity contribution in [2.24, 2.45) is 4.99 Å². The first-order chi connectivity index (χ1) is 12.7. The number of nitrogens with one attached hydrogen (secondary N) is 1. The van der Waals surface area contributed by atoms with E-state index >= 15 is 0 Å². The number of hydrogen-bond acceptors (Lipinski definition) is 3. The lowest BCUT2D eigenvalue weighted by atomic mass is 10.2. The molecule has 1 saturated heterocycles. The van der Waals surface area contributed by atoms with Crippen molar-refractivity contribution in [2.45, 2.75) is 26.2 Å². The van der Waals surface area contributed by atoms with Crippen LogP contribution in [0.5, 0.6) is 0 Å². The first-order valence-corrected chi connectivity index (χ1v) is 9.38. The van der Waals surface area contributed by atoms with Crippen LogP contribution in [0.25, 0.3) is 0 Å². The molecule has 0 bridgehead atoms. The number of benzene rings is 1. The zero-order valence-electron chi connectivity index (χ0n) is 15.8. The van der Waals surface area contributed by atoms with Crippen LogP contribution in [0.4, 0.5) is 14.5 Å². The van der Waals surface area contributed by atoms with Crippen LogP contribution in [0.1, 0.15) is 26.2 Å². The molecule has 0 aliphatic carbocycles. The Labute approximate surface area is 155 Å². The number of guanidine groups is 1. The zero-order valence-corrected chi connectivity index (χ0v) is 15.8. The lowest BCUT2D eigenvalue weighted by Crippen LogP contribution is -2.52. The van der Waals surface area contributed by atoms with Gasteiger partial charge >= 0.3 is 0 Å². The van der Waals surface area contributed by atoms with E-state index in [0.29, 0.717) is 18.8 Å². The van der Waals surface area contributed by atoms with Gasteiger partial charge in [-0.15, -0.1) is 0 Å². The van der Waals surface area contributed by atoms with Gasteiger partial charge in [-0.05, 0) is 38.3 Å². The van der Waals surface area contributed by atoms with Gasteiger partial charge < -0.3 is 19.9 Å². The molecule has 1 N–H and O–H groups in total. The summed E-state index contributed by atoms with van der Waals surface area (Å²) >= 11 is 0. The number of nitrogens with zero attached hydrogens (tertiary/aromatic N) is 3. The molecule has 7 heteroatoms.